The molecule has 2 unspecified atom stereocenters. The van der Waals surface area contributed by atoms with Gasteiger partial charge in [0, 0.05) is 26.2 Å². The maximum atomic E-state index is 10.1. The quantitative estimate of drug-likeness (QED) is 0.817. The van der Waals surface area contributed by atoms with E-state index in [1.54, 1.807) is 14.2 Å². The molecule has 0 saturated heterocycles. The number of hydrogen-bond donors (Lipinski definition) is 1. The summed E-state index contributed by atoms with van der Waals surface area (Å²) < 4.78 is 16.4. The van der Waals surface area contributed by atoms with E-state index in [4.69, 9.17) is 14.2 Å². The summed E-state index contributed by atoms with van der Waals surface area (Å²) in [4.78, 5) is 0. The van der Waals surface area contributed by atoms with Gasteiger partial charge in [0.2, 0.25) is 0 Å². The molecule has 1 N–H and O–H groups in total. The standard InChI is InChI=1S/C13H18O4/c1-13(12(15-2)16-3)8-10(14)9-6-4-5-7-11(9)17-13/h4-7,10,12,14H,8H2,1-3H3. The van der Waals surface area contributed by atoms with Gasteiger partial charge in [0.25, 0.3) is 0 Å². The van der Waals surface area contributed by atoms with Crippen LogP contribution in [0.5, 0.6) is 5.75 Å². The van der Waals surface area contributed by atoms with Crippen LogP contribution >= 0.6 is 0 Å². The van der Waals surface area contributed by atoms with Gasteiger partial charge in [-0.05, 0) is 13.0 Å². The molecule has 2 rings (SSSR count). The summed E-state index contributed by atoms with van der Waals surface area (Å²) in [5.74, 6) is 0.688. The molecule has 1 aromatic carbocycles. The highest BCUT2D eigenvalue weighted by molar-refractivity contribution is 5.37. The van der Waals surface area contributed by atoms with Crippen LogP contribution in [-0.4, -0.2) is 31.2 Å². The van der Waals surface area contributed by atoms with Gasteiger partial charge in [-0.25, -0.2) is 0 Å². The highest BCUT2D eigenvalue weighted by Gasteiger charge is 2.43. The molecular weight excluding hydrogens is 220 g/mol. The molecule has 2 atom stereocenters. The van der Waals surface area contributed by atoms with Crippen molar-refractivity contribution in [2.24, 2.45) is 0 Å². The molecule has 0 saturated carbocycles. The van der Waals surface area contributed by atoms with Crippen molar-refractivity contribution < 1.29 is 19.3 Å². The number of methoxy groups -OCH3 is 2. The first-order chi connectivity index (χ1) is 8.10. The number of fused-ring (bicyclic) bond motifs is 1. The van der Waals surface area contributed by atoms with Crippen molar-refractivity contribution in [1.29, 1.82) is 0 Å². The number of ether oxygens (including phenoxy) is 3. The zero-order valence-corrected chi connectivity index (χ0v) is 10.3. The van der Waals surface area contributed by atoms with Crippen LogP contribution < -0.4 is 4.74 Å². The van der Waals surface area contributed by atoms with Gasteiger partial charge >= 0.3 is 0 Å². The van der Waals surface area contributed by atoms with E-state index in [-0.39, 0.29) is 0 Å². The van der Waals surface area contributed by atoms with Crippen molar-refractivity contribution in [3.8, 4) is 5.75 Å². The SMILES string of the molecule is COC(OC)C1(C)CC(O)c2ccccc2O1. The van der Waals surface area contributed by atoms with E-state index < -0.39 is 18.0 Å². The molecule has 1 heterocycles. The van der Waals surface area contributed by atoms with E-state index in [0.717, 1.165) is 5.56 Å². The lowest BCUT2D eigenvalue weighted by molar-refractivity contribution is -0.212. The third kappa shape index (κ3) is 2.16. The highest BCUT2D eigenvalue weighted by atomic mass is 16.7. The molecule has 0 fully saturated rings. The average molecular weight is 238 g/mol. The Hall–Kier alpha value is -1.10. The van der Waals surface area contributed by atoms with Crippen LogP contribution in [0.25, 0.3) is 0 Å². The lowest BCUT2D eigenvalue weighted by atomic mass is 9.89. The largest absolute Gasteiger partial charge is 0.482 e. The summed E-state index contributed by atoms with van der Waals surface area (Å²) in [6.45, 7) is 1.88. The van der Waals surface area contributed by atoms with E-state index in [0.29, 0.717) is 12.2 Å². The highest BCUT2D eigenvalue weighted by Crippen LogP contribution is 2.41. The molecule has 0 aliphatic carbocycles. The zero-order valence-electron chi connectivity index (χ0n) is 10.3. The summed E-state index contributed by atoms with van der Waals surface area (Å²) in [5.41, 5.74) is 0.132. The molecule has 0 radical (unpaired) electrons. The second-order valence-corrected chi connectivity index (χ2v) is 4.48. The van der Waals surface area contributed by atoms with Gasteiger partial charge in [-0.2, -0.15) is 0 Å². The number of hydrogen-bond acceptors (Lipinski definition) is 4. The molecule has 0 bridgehead atoms. The van der Waals surface area contributed by atoms with Gasteiger partial charge in [0.05, 0.1) is 6.10 Å². The Kier molecular flexibility index (Phi) is 3.38. The summed E-state index contributed by atoms with van der Waals surface area (Å²) in [7, 11) is 3.13. The van der Waals surface area contributed by atoms with Gasteiger partial charge in [0.15, 0.2) is 11.9 Å². The Morgan fingerprint density at radius 3 is 2.65 bits per heavy atom. The average Bonchev–Trinajstić information content (AvgIpc) is 2.30. The first kappa shape index (κ1) is 12.4. The van der Waals surface area contributed by atoms with E-state index in [1.807, 2.05) is 31.2 Å². The van der Waals surface area contributed by atoms with Crippen molar-refractivity contribution >= 4 is 0 Å². The van der Waals surface area contributed by atoms with Crippen LogP contribution in [0.4, 0.5) is 0 Å². The maximum Gasteiger partial charge on any atom is 0.196 e. The maximum absolute atomic E-state index is 10.1. The number of aliphatic hydroxyl groups excluding tert-OH is 1. The molecule has 0 spiro atoms. The van der Waals surface area contributed by atoms with E-state index >= 15 is 0 Å². The molecule has 1 aromatic rings. The predicted molar refractivity (Wildman–Crippen MR) is 62.9 cm³/mol. The number of rotatable bonds is 3. The normalized spacial score (nSPS) is 27.7. The van der Waals surface area contributed by atoms with Gasteiger partial charge < -0.3 is 19.3 Å². The fourth-order valence-corrected chi connectivity index (χ4v) is 2.37. The van der Waals surface area contributed by atoms with Crippen LogP contribution in [0.15, 0.2) is 24.3 Å². The van der Waals surface area contributed by atoms with Crippen LogP contribution in [0.2, 0.25) is 0 Å². The minimum absolute atomic E-state index is 0.441. The third-order valence-corrected chi connectivity index (χ3v) is 3.15. The topological polar surface area (TPSA) is 47.9 Å². The molecule has 0 amide bonds. The van der Waals surface area contributed by atoms with Crippen LogP contribution in [0.3, 0.4) is 0 Å². The molecule has 4 nitrogen and oxygen atoms in total. The fraction of sp³-hybridized carbons (Fsp3) is 0.538. The molecule has 4 heteroatoms. The van der Waals surface area contributed by atoms with E-state index in [2.05, 4.69) is 0 Å². The second kappa shape index (κ2) is 4.64. The van der Waals surface area contributed by atoms with Crippen LogP contribution in [0, 0.1) is 0 Å². The second-order valence-electron chi connectivity index (χ2n) is 4.48. The molecule has 0 aromatic heterocycles. The minimum Gasteiger partial charge on any atom is -0.482 e. The van der Waals surface area contributed by atoms with Gasteiger partial charge in [-0.15, -0.1) is 0 Å². The van der Waals surface area contributed by atoms with Gasteiger partial charge in [0.1, 0.15) is 5.75 Å². The predicted octanol–water partition coefficient (Wildman–Crippen LogP) is 1.88. The number of aliphatic hydroxyl groups is 1. The van der Waals surface area contributed by atoms with Crippen LogP contribution in [-0.2, 0) is 9.47 Å². The summed E-state index contributed by atoms with van der Waals surface area (Å²) in [5, 5.41) is 10.1. The van der Waals surface area contributed by atoms with Crippen LogP contribution in [0.1, 0.15) is 25.0 Å². The van der Waals surface area contributed by atoms with Crippen molar-refractivity contribution in [3.05, 3.63) is 29.8 Å². The Balaban J connectivity index is 2.32. The summed E-state index contributed by atoms with van der Waals surface area (Å²) in [6.07, 6.45) is -0.626. The van der Waals surface area contributed by atoms with Crippen molar-refractivity contribution in [3.63, 3.8) is 0 Å². The third-order valence-electron chi connectivity index (χ3n) is 3.15. The molecular formula is C13H18O4. The Morgan fingerprint density at radius 1 is 1.35 bits per heavy atom. The first-order valence-electron chi connectivity index (χ1n) is 5.62. The van der Waals surface area contributed by atoms with E-state index in [1.165, 1.54) is 0 Å². The zero-order chi connectivity index (χ0) is 12.5. The molecule has 17 heavy (non-hydrogen) atoms. The molecule has 94 valence electrons. The van der Waals surface area contributed by atoms with Crippen molar-refractivity contribution in [2.75, 3.05) is 14.2 Å². The monoisotopic (exact) mass is 238 g/mol. The Morgan fingerprint density at radius 2 is 2.00 bits per heavy atom. The molecule has 1 aliphatic rings. The fourth-order valence-electron chi connectivity index (χ4n) is 2.37. The van der Waals surface area contributed by atoms with E-state index in [9.17, 15) is 5.11 Å². The number of para-hydroxylation sites is 1. The lowest BCUT2D eigenvalue weighted by Gasteiger charge is -2.41. The first-order valence-corrected chi connectivity index (χ1v) is 5.62. The smallest absolute Gasteiger partial charge is 0.196 e. The number of benzene rings is 1. The Labute approximate surface area is 101 Å². The summed E-state index contributed by atoms with van der Waals surface area (Å²) in [6, 6.07) is 7.48. The van der Waals surface area contributed by atoms with Crippen molar-refractivity contribution in [1.82, 2.24) is 0 Å². The summed E-state index contributed by atoms with van der Waals surface area (Å²) >= 11 is 0. The minimum atomic E-state index is -0.683. The Bertz CT molecular complexity index is 389. The van der Waals surface area contributed by atoms with Gasteiger partial charge in [-0.3, -0.25) is 0 Å². The lowest BCUT2D eigenvalue weighted by Crippen LogP contribution is -2.50. The van der Waals surface area contributed by atoms with Crippen molar-refractivity contribution in [2.45, 2.75) is 31.3 Å². The molecule has 1 aliphatic heterocycles. The van der Waals surface area contributed by atoms with Gasteiger partial charge in [-0.1, -0.05) is 18.2 Å².